The molecule has 1 N–H and O–H groups in total. The maximum absolute atomic E-state index is 10.9. The maximum Gasteiger partial charge on any atom is 0.0983 e. The summed E-state index contributed by atoms with van der Waals surface area (Å²) in [5.41, 5.74) is 1.05. The Morgan fingerprint density at radius 2 is 2.24 bits per heavy atom. The molecule has 0 saturated heterocycles. The van der Waals surface area contributed by atoms with E-state index in [1.165, 1.54) is 0 Å². The van der Waals surface area contributed by atoms with Gasteiger partial charge in [0.15, 0.2) is 0 Å². The molecule has 0 amide bonds. The Balaban J connectivity index is 2.04. The third-order valence-corrected chi connectivity index (χ3v) is 4.95. The normalized spacial score (nSPS) is 26.6. The summed E-state index contributed by atoms with van der Waals surface area (Å²) in [5, 5.41) is 21.6. The minimum Gasteiger partial charge on any atom is -0.387 e. The first kappa shape index (κ1) is 14.0. The van der Waals surface area contributed by atoms with E-state index in [9.17, 15) is 10.4 Å². The van der Waals surface area contributed by atoms with Gasteiger partial charge in [0.25, 0.3) is 0 Å². The Morgan fingerprint density at radius 3 is 2.95 bits per heavy atom. The Hall–Kier alpha value is -1.92. The van der Waals surface area contributed by atoms with Gasteiger partial charge in [-0.3, -0.25) is 4.98 Å². The van der Waals surface area contributed by atoms with Crippen LogP contribution in [0.25, 0.3) is 10.9 Å². The summed E-state index contributed by atoms with van der Waals surface area (Å²) in [7, 11) is 0. The van der Waals surface area contributed by atoms with Gasteiger partial charge in [0, 0.05) is 11.6 Å². The molecular weight excluding hydrogens is 260 g/mol. The molecule has 0 radical (unpaired) electrons. The molecule has 0 aliphatic heterocycles. The summed E-state index contributed by atoms with van der Waals surface area (Å²) in [4.78, 5) is 4.34. The minimum atomic E-state index is -0.744. The highest BCUT2D eigenvalue weighted by Gasteiger charge is 2.45. The van der Waals surface area contributed by atoms with Crippen molar-refractivity contribution < 1.29 is 5.11 Å². The van der Waals surface area contributed by atoms with E-state index in [0.717, 1.165) is 42.1 Å². The largest absolute Gasteiger partial charge is 0.387 e. The zero-order chi connectivity index (χ0) is 14.9. The van der Waals surface area contributed by atoms with Crippen molar-refractivity contribution in [3.05, 3.63) is 42.1 Å². The van der Waals surface area contributed by atoms with Gasteiger partial charge in [-0.2, -0.15) is 5.26 Å². The predicted molar refractivity (Wildman–Crippen MR) is 82.4 cm³/mol. The van der Waals surface area contributed by atoms with Crippen molar-refractivity contribution in [1.82, 2.24) is 4.98 Å². The van der Waals surface area contributed by atoms with Crippen molar-refractivity contribution in [2.75, 3.05) is 0 Å². The van der Waals surface area contributed by atoms with E-state index >= 15 is 0 Å². The number of aromatic nitrogens is 1. The molecule has 1 aromatic heterocycles. The van der Waals surface area contributed by atoms with Crippen LogP contribution in [0.15, 0.2) is 36.5 Å². The van der Waals surface area contributed by atoms with Crippen molar-refractivity contribution in [3.63, 3.8) is 0 Å². The summed E-state index contributed by atoms with van der Waals surface area (Å²) < 4.78 is 0. The van der Waals surface area contributed by atoms with Gasteiger partial charge in [-0.25, -0.2) is 0 Å². The molecule has 0 bridgehead atoms. The monoisotopic (exact) mass is 280 g/mol. The van der Waals surface area contributed by atoms with Crippen LogP contribution in [0.5, 0.6) is 0 Å². The molecule has 1 aromatic carbocycles. The molecule has 3 unspecified atom stereocenters. The number of nitriles is 1. The number of fused-ring (bicyclic) bond motifs is 1. The Morgan fingerprint density at radius 1 is 1.43 bits per heavy atom. The van der Waals surface area contributed by atoms with E-state index in [-0.39, 0.29) is 0 Å². The van der Waals surface area contributed by atoms with Crippen LogP contribution in [0, 0.1) is 22.7 Å². The number of pyridine rings is 1. The zero-order valence-corrected chi connectivity index (χ0v) is 12.3. The molecule has 3 rings (SSSR count). The van der Waals surface area contributed by atoms with Crippen molar-refractivity contribution in [2.45, 2.75) is 38.7 Å². The number of benzene rings is 1. The number of nitrogens with zero attached hydrogens (tertiary/aromatic N) is 2. The minimum absolute atomic E-state index is 0.549. The van der Waals surface area contributed by atoms with E-state index in [1.807, 2.05) is 30.3 Å². The van der Waals surface area contributed by atoms with Crippen LogP contribution >= 0.6 is 0 Å². The van der Waals surface area contributed by atoms with Gasteiger partial charge in [-0.15, -0.1) is 0 Å². The molecule has 1 aliphatic carbocycles. The molecule has 1 heterocycles. The highest BCUT2D eigenvalue weighted by atomic mass is 16.3. The lowest BCUT2D eigenvalue weighted by molar-refractivity contribution is 0.0653. The Kier molecular flexibility index (Phi) is 3.65. The van der Waals surface area contributed by atoms with Crippen molar-refractivity contribution >= 4 is 10.9 Å². The van der Waals surface area contributed by atoms with E-state index < -0.39 is 11.5 Å². The molecule has 3 atom stereocenters. The zero-order valence-electron chi connectivity index (χ0n) is 12.3. The second kappa shape index (κ2) is 5.46. The molecule has 1 saturated carbocycles. The van der Waals surface area contributed by atoms with Gasteiger partial charge >= 0.3 is 0 Å². The number of rotatable bonds is 3. The average molecular weight is 280 g/mol. The predicted octanol–water partition coefficient (Wildman–Crippen LogP) is 3.99. The summed E-state index contributed by atoms with van der Waals surface area (Å²) in [6, 6.07) is 12.1. The Bertz CT molecular complexity index is 686. The molecule has 108 valence electrons. The van der Waals surface area contributed by atoms with Crippen LogP contribution in [0.4, 0.5) is 0 Å². The topological polar surface area (TPSA) is 56.9 Å². The molecule has 3 heteroatoms. The van der Waals surface area contributed by atoms with Crippen molar-refractivity contribution in [2.24, 2.45) is 11.3 Å². The number of aliphatic hydroxyl groups is 1. The summed E-state index contributed by atoms with van der Waals surface area (Å²) >= 11 is 0. The SMILES string of the molecule is CCC1CCC(C#N)(C(O)c2ccnc3ccccc23)C1. The standard InChI is InChI=1S/C18H20N2O/c1-2-13-7-9-18(11-13,12-19)17(21)15-8-10-20-16-6-4-3-5-14(15)16/h3-6,8,10,13,17,21H,2,7,9,11H2,1H3. The third-order valence-electron chi connectivity index (χ3n) is 4.95. The quantitative estimate of drug-likeness (QED) is 0.924. The Labute approximate surface area is 125 Å². The number of para-hydroxylation sites is 1. The molecule has 21 heavy (non-hydrogen) atoms. The third kappa shape index (κ3) is 2.30. The first-order chi connectivity index (χ1) is 10.2. The van der Waals surface area contributed by atoms with Crippen LogP contribution in [0.3, 0.4) is 0 Å². The van der Waals surface area contributed by atoms with Crippen LogP contribution in [-0.4, -0.2) is 10.1 Å². The number of aliphatic hydroxyl groups excluding tert-OH is 1. The number of hydrogen-bond donors (Lipinski definition) is 1. The second-order valence-electron chi connectivity index (χ2n) is 6.10. The first-order valence-electron chi connectivity index (χ1n) is 7.63. The van der Waals surface area contributed by atoms with E-state index in [1.54, 1.807) is 6.20 Å². The molecule has 1 aliphatic rings. The fourth-order valence-corrected chi connectivity index (χ4v) is 3.59. The average Bonchev–Trinajstić information content (AvgIpc) is 2.98. The van der Waals surface area contributed by atoms with Gasteiger partial charge in [0.1, 0.15) is 0 Å². The van der Waals surface area contributed by atoms with Crippen LogP contribution in [-0.2, 0) is 0 Å². The molecule has 1 fully saturated rings. The number of hydrogen-bond acceptors (Lipinski definition) is 3. The van der Waals surface area contributed by atoms with Gasteiger partial charge in [-0.1, -0.05) is 31.5 Å². The molecule has 3 nitrogen and oxygen atoms in total. The summed E-state index contributed by atoms with van der Waals surface area (Å²) in [5.74, 6) is 0.549. The van der Waals surface area contributed by atoms with E-state index in [2.05, 4.69) is 18.0 Å². The highest BCUT2D eigenvalue weighted by molar-refractivity contribution is 5.82. The van der Waals surface area contributed by atoms with E-state index in [4.69, 9.17) is 0 Å². The lowest BCUT2D eigenvalue weighted by atomic mass is 9.77. The molecular formula is C18H20N2O. The maximum atomic E-state index is 10.9. The van der Waals surface area contributed by atoms with Crippen molar-refractivity contribution in [1.29, 1.82) is 5.26 Å². The fraction of sp³-hybridized carbons (Fsp3) is 0.444. The van der Waals surface area contributed by atoms with Crippen LogP contribution in [0.2, 0.25) is 0 Å². The van der Waals surface area contributed by atoms with Crippen LogP contribution in [0.1, 0.15) is 44.3 Å². The lowest BCUT2D eigenvalue weighted by Crippen LogP contribution is -2.25. The lowest BCUT2D eigenvalue weighted by Gasteiger charge is -2.28. The molecule has 2 aromatic rings. The van der Waals surface area contributed by atoms with Crippen molar-refractivity contribution in [3.8, 4) is 6.07 Å². The van der Waals surface area contributed by atoms with Crippen LogP contribution < -0.4 is 0 Å². The van der Waals surface area contributed by atoms with Gasteiger partial charge in [-0.05, 0) is 42.9 Å². The van der Waals surface area contributed by atoms with Gasteiger partial charge in [0.05, 0.1) is 23.1 Å². The van der Waals surface area contributed by atoms with Gasteiger partial charge in [0.2, 0.25) is 0 Å². The fourth-order valence-electron chi connectivity index (χ4n) is 3.59. The highest BCUT2D eigenvalue weighted by Crippen LogP contribution is 2.51. The summed E-state index contributed by atoms with van der Waals surface area (Å²) in [6.45, 7) is 2.16. The smallest absolute Gasteiger partial charge is 0.0983 e. The van der Waals surface area contributed by atoms with Gasteiger partial charge < -0.3 is 5.11 Å². The van der Waals surface area contributed by atoms with E-state index in [0.29, 0.717) is 5.92 Å². The second-order valence-corrected chi connectivity index (χ2v) is 6.10. The molecule has 0 spiro atoms. The first-order valence-corrected chi connectivity index (χ1v) is 7.63. The summed E-state index contributed by atoms with van der Waals surface area (Å²) in [6.07, 6.45) is 4.65.